The maximum Gasteiger partial charge on any atom is 0.328 e. The van der Waals surface area contributed by atoms with Gasteiger partial charge in [-0.05, 0) is 233 Å². The van der Waals surface area contributed by atoms with Gasteiger partial charge in [0.15, 0.2) is 0 Å². The minimum Gasteiger partial charge on any atom is -0.369 e. The third-order valence-electron chi connectivity index (χ3n) is 28.1. The van der Waals surface area contributed by atoms with Crippen molar-refractivity contribution in [2.45, 2.75) is 154 Å². The largest absolute Gasteiger partial charge is 0.369 e. The number of nitrogens with zero attached hydrogens (tertiary/aromatic N) is 15. The summed E-state index contributed by atoms with van der Waals surface area (Å²) < 4.78 is 1.93. The summed E-state index contributed by atoms with van der Waals surface area (Å²) in [5.41, 5.74) is 21.8. The van der Waals surface area contributed by atoms with Gasteiger partial charge in [-0.1, -0.05) is 119 Å². The lowest BCUT2D eigenvalue weighted by Crippen LogP contribution is -2.45. The van der Waals surface area contributed by atoms with E-state index in [2.05, 4.69) is 93.1 Å². The van der Waals surface area contributed by atoms with Crippen LogP contribution < -0.4 is 4.90 Å². The Hall–Kier alpha value is -14.0. The molecule has 9 aliphatic rings. The minimum atomic E-state index is -0.549. The second-order valence-corrected chi connectivity index (χ2v) is 39.1. The first-order valence-corrected chi connectivity index (χ1v) is 47.4. The normalized spacial score (nSPS) is 20.7. The zero-order chi connectivity index (χ0) is 94.4. The third-order valence-corrected chi connectivity index (χ3v) is 29.0. The molecule has 0 radical (unpaired) electrons. The number of nitrogens with one attached hydrogen (secondary N) is 4. The van der Waals surface area contributed by atoms with Crippen LogP contribution in [-0.4, -0.2) is 218 Å². The highest BCUT2D eigenvalue weighted by molar-refractivity contribution is 6.32. The molecular formula is C105H97Cl4N19O8. The standard InChI is InChI=1S/C27H30ClN5O2.C27H23ClN4O2.C26H22ClN5O2.C25H22ClN5O2/c1-16(2)32-26(34)23-15-21-20-14-18(28)6-9-22(20)29-24(21)25(33(23)27(32)35)17-4-7-19(8-5-17)31-12-10-30(3)11-13-31;1-15(2)31-26(33)23-14-21-20-13-19(28)7-8-22(20)30-24(21)25(32(23)27(31)34)18-5-3-16(4-6-18)17-9-11-29-12-10-17;1-14(2)31-25(33)22-10-20-19-9-18(27)7-8-21(19)30-23(20)24(32(22)26(31)34)16-5-3-15(4-6-16)17-11-28-13-29-12-17;1-14(2)30-24(32)21-12-19-18-11-16(26)5-8-20(18)28-22(19)23(31(21)25(30)33)15-3-6-17(7-4-15)29-10-9-27-13-29/h4-9,14,16,23,25,29H,10-13,15H2,1-3H3;3-13,15,23,25,30H,14H2,1-2H3;3-9,11-14,22,24,30H,10H2,1-2H3;3-11,13-14,21,23,28H,12H2,1-2H3. The van der Waals surface area contributed by atoms with E-state index in [0.717, 1.165) is 165 Å². The van der Waals surface area contributed by atoms with Crippen molar-refractivity contribution < 1.29 is 38.4 Å². The molecule has 8 unspecified atom stereocenters. The number of urea groups is 4. The number of aromatic amines is 4. The summed E-state index contributed by atoms with van der Waals surface area (Å²) in [6, 6.07) is 54.2. The van der Waals surface area contributed by atoms with Gasteiger partial charge >= 0.3 is 24.1 Å². The maximum absolute atomic E-state index is 13.6. The number of anilines is 1. The fourth-order valence-corrected chi connectivity index (χ4v) is 22.3. The average Bonchev–Trinajstić information content (AvgIpc) is 1.58. The van der Waals surface area contributed by atoms with Crippen molar-refractivity contribution in [2.24, 2.45) is 0 Å². The highest BCUT2D eigenvalue weighted by Crippen LogP contribution is 2.51. The van der Waals surface area contributed by atoms with E-state index in [1.54, 1.807) is 56.9 Å². The summed E-state index contributed by atoms with van der Waals surface area (Å²) in [5.74, 6) is -0.548. The summed E-state index contributed by atoms with van der Waals surface area (Å²) in [5, 5.41) is 6.61. The molecule has 688 valence electrons. The number of pyridine rings is 1. The van der Waals surface area contributed by atoms with Crippen LogP contribution in [0.15, 0.2) is 232 Å². The van der Waals surface area contributed by atoms with Crippen LogP contribution in [0.2, 0.25) is 20.1 Å². The highest BCUT2D eigenvalue weighted by Gasteiger charge is 2.58. The Labute approximate surface area is 803 Å². The molecule has 8 aromatic carbocycles. The molecule has 136 heavy (non-hydrogen) atoms. The maximum atomic E-state index is 13.6. The van der Waals surface area contributed by atoms with E-state index in [-0.39, 0.29) is 78.0 Å². The number of amides is 12. The van der Waals surface area contributed by atoms with Gasteiger partial charge in [0.2, 0.25) is 0 Å². The van der Waals surface area contributed by atoms with Gasteiger partial charge < -0.3 is 34.3 Å². The van der Waals surface area contributed by atoms with Gasteiger partial charge in [-0.2, -0.15) is 0 Å². The van der Waals surface area contributed by atoms with Crippen LogP contribution in [0.4, 0.5) is 24.9 Å². The number of likely N-dealkylation sites (N-methyl/N-ethyl adjacent to an activating group) is 1. The van der Waals surface area contributed by atoms with Crippen LogP contribution in [-0.2, 0) is 44.9 Å². The van der Waals surface area contributed by atoms with Crippen molar-refractivity contribution in [3.05, 3.63) is 319 Å². The molecule has 12 amide bonds. The number of halogens is 4. The van der Waals surface area contributed by atoms with Crippen molar-refractivity contribution in [3.63, 3.8) is 0 Å². The smallest absolute Gasteiger partial charge is 0.328 e. The van der Waals surface area contributed by atoms with Gasteiger partial charge in [0.25, 0.3) is 23.6 Å². The summed E-state index contributed by atoms with van der Waals surface area (Å²) in [6.45, 7) is 19.1. The Morgan fingerprint density at radius 3 is 0.919 bits per heavy atom. The zero-order valence-electron chi connectivity index (χ0n) is 76.0. The summed E-state index contributed by atoms with van der Waals surface area (Å²) in [4.78, 5) is 155. The van der Waals surface area contributed by atoms with E-state index in [1.165, 1.54) is 31.6 Å². The summed E-state index contributed by atoms with van der Waals surface area (Å²) in [6.07, 6.45) is 15.8. The van der Waals surface area contributed by atoms with E-state index in [9.17, 15) is 38.4 Å². The molecular weight excluding hydrogens is 1800 g/mol. The molecule has 24 rings (SSSR count). The number of aromatic nitrogens is 9. The van der Waals surface area contributed by atoms with Crippen molar-refractivity contribution >= 4 is 143 Å². The Kier molecular flexibility index (Phi) is 22.8. The van der Waals surface area contributed by atoms with E-state index < -0.39 is 42.3 Å². The number of fused-ring (bicyclic) bond motifs is 16. The molecule has 15 aromatic rings. The molecule has 5 saturated heterocycles. The van der Waals surface area contributed by atoms with Gasteiger partial charge in [-0.25, -0.2) is 34.1 Å². The number of imidazole rings is 1. The summed E-state index contributed by atoms with van der Waals surface area (Å²) in [7, 11) is 2.15. The predicted octanol–water partition coefficient (Wildman–Crippen LogP) is 19.5. The van der Waals surface area contributed by atoms with Gasteiger partial charge in [-0.15, -0.1) is 0 Å². The molecule has 31 heteroatoms. The van der Waals surface area contributed by atoms with Crippen LogP contribution in [0.3, 0.4) is 0 Å². The fraction of sp³-hybridized carbons (Fsp3) is 0.276. The zero-order valence-corrected chi connectivity index (χ0v) is 79.0. The van der Waals surface area contributed by atoms with Crippen molar-refractivity contribution in [2.75, 3.05) is 38.1 Å². The molecule has 9 aliphatic heterocycles. The van der Waals surface area contributed by atoms with Crippen LogP contribution in [0.1, 0.15) is 147 Å². The SMILES string of the molecule is CC(C)N1C(=O)C2Cc3c([nH]c4ccc(Cl)cc34)C(c3ccc(-c4ccncc4)cc3)N2C1=O.CC(C)N1C(=O)C2Cc3c([nH]c4ccc(Cl)cc34)C(c3ccc(-c4cncnc4)cc3)N2C1=O.CC(C)N1C(=O)C2Cc3c([nH]c4ccc(Cl)cc34)C(c3ccc(-n4ccnc4)cc3)N2C1=O.CC(C)N1C(=O)C2Cc3c([nH]c4ccc(Cl)cc34)C(c3ccc(N4CCN(C)CC4)cc3)N2C1=O. The molecule has 16 heterocycles. The van der Waals surface area contributed by atoms with E-state index >= 15 is 0 Å². The molecule has 5 fully saturated rings. The van der Waals surface area contributed by atoms with Gasteiger partial charge in [0.05, 0.1) is 6.33 Å². The predicted molar refractivity (Wildman–Crippen MR) is 524 cm³/mol. The number of piperazine rings is 1. The van der Waals surface area contributed by atoms with Crippen LogP contribution in [0.25, 0.3) is 71.6 Å². The number of hydrogen-bond acceptors (Lipinski definition) is 14. The number of carbonyl (C=O) groups is 8. The molecule has 0 bridgehead atoms. The van der Waals surface area contributed by atoms with Crippen molar-refractivity contribution in [1.82, 2.24) is 88.5 Å². The van der Waals surface area contributed by atoms with Gasteiger partial charge in [-0.3, -0.25) is 63.4 Å². The lowest BCUT2D eigenvalue weighted by atomic mass is 9.88. The van der Waals surface area contributed by atoms with Crippen LogP contribution in [0, 0.1) is 0 Å². The molecule has 27 nitrogen and oxygen atoms in total. The fourth-order valence-electron chi connectivity index (χ4n) is 21.6. The first kappa shape index (κ1) is 88.6. The lowest BCUT2D eigenvalue weighted by molar-refractivity contribution is -0.130. The Morgan fingerprint density at radius 1 is 0.324 bits per heavy atom. The van der Waals surface area contributed by atoms with E-state index in [0.29, 0.717) is 45.8 Å². The van der Waals surface area contributed by atoms with E-state index in [4.69, 9.17) is 46.4 Å². The minimum absolute atomic E-state index is 0.119. The highest BCUT2D eigenvalue weighted by atomic mass is 35.5. The number of benzene rings is 8. The number of H-pyrrole nitrogens is 4. The van der Waals surface area contributed by atoms with Crippen LogP contribution >= 0.6 is 46.4 Å². The van der Waals surface area contributed by atoms with Gasteiger partial charge in [0, 0.05) is 217 Å². The Balaban J connectivity index is 0.000000108. The average molecular weight is 1890 g/mol. The van der Waals surface area contributed by atoms with E-state index in [1.807, 2.05) is 212 Å². The second-order valence-electron chi connectivity index (χ2n) is 37.3. The number of imide groups is 4. The monoisotopic (exact) mass is 1890 g/mol. The van der Waals surface area contributed by atoms with Crippen molar-refractivity contribution in [3.8, 4) is 27.9 Å². The quantitative estimate of drug-likeness (QED) is 0.0828. The third kappa shape index (κ3) is 15.2. The van der Waals surface area contributed by atoms with Crippen molar-refractivity contribution in [1.29, 1.82) is 0 Å². The van der Waals surface area contributed by atoms with Crippen LogP contribution in [0.5, 0.6) is 0 Å². The number of carbonyl (C=O) groups excluding carboxylic acids is 8. The first-order valence-electron chi connectivity index (χ1n) is 45.9. The second kappa shape index (κ2) is 35.1. The Bertz CT molecular complexity index is 7060. The number of hydrogen-bond donors (Lipinski definition) is 4. The number of rotatable bonds is 12. The molecule has 0 aliphatic carbocycles. The molecule has 0 saturated carbocycles. The first-order chi connectivity index (χ1) is 65.6. The Morgan fingerprint density at radius 2 is 0.618 bits per heavy atom. The summed E-state index contributed by atoms with van der Waals surface area (Å²) >= 11 is 25.3. The van der Waals surface area contributed by atoms with Gasteiger partial charge in [0.1, 0.15) is 54.7 Å². The molecule has 7 aromatic heterocycles. The topological polar surface area (TPSA) is 289 Å². The lowest BCUT2D eigenvalue weighted by Gasteiger charge is -2.37. The molecule has 4 N–H and O–H groups in total. The molecule has 0 spiro atoms. The molecule has 8 atom stereocenters.